The van der Waals surface area contributed by atoms with Crippen molar-refractivity contribution in [3.05, 3.63) is 33.5 Å². The fourth-order valence-corrected chi connectivity index (χ4v) is 2.40. The van der Waals surface area contributed by atoms with Gasteiger partial charge < -0.3 is 5.32 Å². The van der Waals surface area contributed by atoms with Crippen LogP contribution in [0.4, 0.5) is 0 Å². The van der Waals surface area contributed by atoms with Crippen LogP contribution in [-0.2, 0) is 20.0 Å². The van der Waals surface area contributed by atoms with E-state index in [1.807, 2.05) is 18.5 Å². The van der Waals surface area contributed by atoms with Crippen molar-refractivity contribution in [3.8, 4) is 0 Å². The van der Waals surface area contributed by atoms with Gasteiger partial charge in [-0.15, -0.1) is 11.3 Å². The van der Waals surface area contributed by atoms with Crippen LogP contribution in [0.1, 0.15) is 10.7 Å². The summed E-state index contributed by atoms with van der Waals surface area (Å²) < 4.78 is 1.72. The Morgan fingerprint density at radius 3 is 3.06 bits per heavy atom. The fraction of sp³-hybridized carbons (Fsp3) is 0.400. The van der Waals surface area contributed by atoms with E-state index in [0.29, 0.717) is 0 Å². The molecule has 0 atom stereocenters. The molecule has 1 N–H and O–H groups in total. The number of nitrogens with zero attached hydrogens (tertiary/aromatic N) is 3. The molecule has 2 heterocycles. The molecule has 0 bridgehead atoms. The maximum Gasteiger partial charge on any atom is 0.151 e. The molecule has 0 fully saturated rings. The van der Waals surface area contributed by atoms with Crippen LogP contribution in [0, 0.1) is 0 Å². The second kappa shape index (κ2) is 5.43. The maximum atomic E-state index is 5.83. The minimum absolute atomic E-state index is 0.813. The molecule has 6 heteroatoms. The first kappa shape index (κ1) is 11.6. The molecule has 0 aliphatic heterocycles. The summed E-state index contributed by atoms with van der Waals surface area (Å²) in [5.41, 5.74) is 0. The highest BCUT2D eigenvalue weighted by molar-refractivity contribution is 7.10. The minimum Gasteiger partial charge on any atom is -0.311 e. The van der Waals surface area contributed by atoms with Gasteiger partial charge in [-0.2, -0.15) is 5.10 Å². The summed E-state index contributed by atoms with van der Waals surface area (Å²) in [6.07, 6.45) is 2.56. The number of nitrogens with one attached hydrogen (secondary N) is 1. The van der Waals surface area contributed by atoms with Crippen LogP contribution in [-0.4, -0.2) is 21.3 Å². The van der Waals surface area contributed by atoms with Crippen LogP contribution >= 0.6 is 22.9 Å². The van der Waals surface area contributed by atoms with Crippen LogP contribution in [0.2, 0.25) is 5.02 Å². The summed E-state index contributed by atoms with van der Waals surface area (Å²) in [4.78, 5) is 5.41. The van der Waals surface area contributed by atoms with Gasteiger partial charge in [0.1, 0.15) is 6.33 Å². The van der Waals surface area contributed by atoms with Gasteiger partial charge in [-0.25, -0.2) is 4.98 Å². The quantitative estimate of drug-likeness (QED) is 0.831. The molecule has 0 aromatic carbocycles. The second-order valence-corrected chi connectivity index (χ2v) is 4.92. The number of aryl methyl sites for hydroxylation is 1. The summed E-state index contributed by atoms with van der Waals surface area (Å²) >= 11 is 7.50. The Morgan fingerprint density at radius 1 is 1.56 bits per heavy atom. The lowest BCUT2D eigenvalue weighted by molar-refractivity contribution is 0.665. The lowest BCUT2D eigenvalue weighted by Crippen LogP contribution is -2.16. The highest BCUT2D eigenvalue weighted by atomic mass is 35.5. The van der Waals surface area contributed by atoms with E-state index in [-0.39, 0.29) is 0 Å². The van der Waals surface area contributed by atoms with Gasteiger partial charge in [-0.1, -0.05) is 11.6 Å². The molecule has 0 radical (unpaired) electrons. The predicted molar refractivity (Wildman–Crippen MR) is 65.7 cm³/mol. The number of halogens is 1. The molecule has 2 aromatic rings. The Balaban J connectivity index is 1.69. The van der Waals surface area contributed by atoms with E-state index in [9.17, 15) is 0 Å². The Bertz CT molecular complexity index is 409. The summed E-state index contributed by atoms with van der Waals surface area (Å²) in [6, 6.07) is 1.98. The van der Waals surface area contributed by atoms with Crippen molar-refractivity contribution in [2.45, 2.75) is 13.0 Å². The van der Waals surface area contributed by atoms with Gasteiger partial charge in [0.15, 0.2) is 5.82 Å². The van der Waals surface area contributed by atoms with Crippen LogP contribution in [0.25, 0.3) is 0 Å². The summed E-state index contributed by atoms with van der Waals surface area (Å²) in [7, 11) is 1.87. The van der Waals surface area contributed by atoms with E-state index in [0.717, 1.165) is 30.4 Å². The Kier molecular flexibility index (Phi) is 3.93. The molecule has 86 valence electrons. The van der Waals surface area contributed by atoms with Crippen LogP contribution in [0.15, 0.2) is 17.8 Å². The molecule has 0 saturated heterocycles. The smallest absolute Gasteiger partial charge is 0.151 e. The molecule has 0 unspecified atom stereocenters. The summed E-state index contributed by atoms with van der Waals surface area (Å²) in [6.45, 7) is 1.73. The average Bonchev–Trinajstić information content (AvgIpc) is 2.83. The second-order valence-electron chi connectivity index (χ2n) is 3.49. The zero-order chi connectivity index (χ0) is 11.4. The molecule has 0 aliphatic carbocycles. The Labute approximate surface area is 103 Å². The summed E-state index contributed by atoms with van der Waals surface area (Å²) in [5, 5.41) is 10.3. The van der Waals surface area contributed by atoms with Crippen molar-refractivity contribution < 1.29 is 0 Å². The van der Waals surface area contributed by atoms with Crippen LogP contribution in [0.3, 0.4) is 0 Å². The minimum atomic E-state index is 0.813. The predicted octanol–water partition coefficient (Wildman–Crippen LogP) is 1.86. The molecule has 2 rings (SSSR count). The zero-order valence-corrected chi connectivity index (χ0v) is 10.6. The fourth-order valence-electron chi connectivity index (χ4n) is 1.36. The van der Waals surface area contributed by atoms with Gasteiger partial charge in [-0.05, 0) is 6.07 Å². The number of hydrogen-bond acceptors (Lipinski definition) is 4. The normalized spacial score (nSPS) is 10.9. The van der Waals surface area contributed by atoms with E-state index in [1.165, 1.54) is 4.88 Å². The lowest BCUT2D eigenvalue weighted by atomic mass is 10.4. The summed E-state index contributed by atoms with van der Waals surface area (Å²) in [5.74, 6) is 0.874. The molecule has 0 amide bonds. The SMILES string of the molecule is Cn1cnc(CCNCc2cc(Cl)cs2)n1. The Hall–Kier alpha value is -0.910. The van der Waals surface area contributed by atoms with Crippen molar-refractivity contribution >= 4 is 22.9 Å². The van der Waals surface area contributed by atoms with E-state index in [4.69, 9.17) is 11.6 Å². The molecule has 16 heavy (non-hydrogen) atoms. The zero-order valence-electron chi connectivity index (χ0n) is 8.98. The van der Waals surface area contributed by atoms with Crippen molar-refractivity contribution in [1.29, 1.82) is 0 Å². The number of thiophene rings is 1. The van der Waals surface area contributed by atoms with Gasteiger partial charge in [0.25, 0.3) is 0 Å². The highest BCUT2D eigenvalue weighted by Crippen LogP contribution is 2.18. The molecule has 0 spiro atoms. The van der Waals surface area contributed by atoms with Crippen LogP contribution in [0.5, 0.6) is 0 Å². The molecular weight excluding hydrogens is 244 g/mol. The van der Waals surface area contributed by atoms with E-state index < -0.39 is 0 Å². The van der Waals surface area contributed by atoms with Crippen molar-refractivity contribution in [1.82, 2.24) is 20.1 Å². The topological polar surface area (TPSA) is 42.7 Å². The van der Waals surface area contributed by atoms with E-state index in [2.05, 4.69) is 15.4 Å². The first-order chi connectivity index (χ1) is 7.74. The largest absolute Gasteiger partial charge is 0.311 e. The Morgan fingerprint density at radius 2 is 2.44 bits per heavy atom. The third kappa shape index (κ3) is 3.30. The lowest BCUT2D eigenvalue weighted by Gasteiger charge is -1.99. The number of aromatic nitrogens is 3. The van der Waals surface area contributed by atoms with Gasteiger partial charge >= 0.3 is 0 Å². The van der Waals surface area contributed by atoms with Gasteiger partial charge in [0, 0.05) is 36.8 Å². The van der Waals surface area contributed by atoms with Gasteiger partial charge in [0.05, 0.1) is 5.02 Å². The number of hydrogen-bond donors (Lipinski definition) is 1. The van der Waals surface area contributed by atoms with Crippen LogP contribution < -0.4 is 5.32 Å². The molecule has 0 saturated carbocycles. The molecule has 0 aliphatic rings. The monoisotopic (exact) mass is 256 g/mol. The molecule has 2 aromatic heterocycles. The van der Waals surface area contributed by atoms with Crippen molar-refractivity contribution in [3.63, 3.8) is 0 Å². The standard InChI is InChI=1S/C10H13ClN4S/c1-15-7-13-10(14-15)2-3-12-5-9-4-8(11)6-16-9/h4,6-7,12H,2-3,5H2,1H3. The van der Waals surface area contributed by atoms with Gasteiger partial charge in [-0.3, -0.25) is 4.68 Å². The van der Waals surface area contributed by atoms with E-state index in [1.54, 1.807) is 22.3 Å². The van der Waals surface area contributed by atoms with Gasteiger partial charge in [0.2, 0.25) is 0 Å². The molecule has 4 nitrogen and oxygen atoms in total. The highest BCUT2D eigenvalue weighted by Gasteiger charge is 1.99. The van der Waals surface area contributed by atoms with Crippen molar-refractivity contribution in [2.24, 2.45) is 7.05 Å². The maximum absolute atomic E-state index is 5.83. The first-order valence-corrected chi connectivity index (χ1v) is 6.28. The first-order valence-electron chi connectivity index (χ1n) is 5.02. The third-order valence-electron chi connectivity index (χ3n) is 2.09. The molecular formula is C10H13ClN4S. The van der Waals surface area contributed by atoms with E-state index >= 15 is 0 Å². The third-order valence-corrected chi connectivity index (χ3v) is 3.38. The number of rotatable bonds is 5. The average molecular weight is 257 g/mol. The van der Waals surface area contributed by atoms with Crippen molar-refractivity contribution in [2.75, 3.05) is 6.54 Å².